The summed E-state index contributed by atoms with van der Waals surface area (Å²) in [4.78, 5) is 8.78. The van der Waals surface area contributed by atoms with Gasteiger partial charge in [0.25, 0.3) is 0 Å². The Bertz CT molecular complexity index is 636. The molecule has 0 aliphatic heterocycles. The summed E-state index contributed by atoms with van der Waals surface area (Å²) < 4.78 is 1.10. The van der Waals surface area contributed by atoms with Crippen LogP contribution >= 0.6 is 23.1 Å². The summed E-state index contributed by atoms with van der Waals surface area (Å²) in [6.45, 7) is 0. The van der Waals surface area contributed by atoms with Gasteiger partial charge in [0.2, 0.25) is 0 Å². The molecule has 0 aliphatic rings. The Hall–Kier alpha value is -1.65. The number of aromatic nitrogens is 2. The number of rotatable bonds is 4. The molecular weight excluding hydrogens is 272 g/mol. The van der Waals surface area contributed by atoms with Crippen molar-refractivity contribution in [2.75, 3.05) is 0 Å². The van der Waals surface area contributed by atoms with Crippen LogP contribution in [0.3, 0.4) is 0 Å². The molecule has 2 aromatic heterocycles. The summed E-state index contributed by atoms with van der Waals surface area (Å²) in [6.07, 6.45) is 3.70. The van der Waals surface area contributed by atoms with Gasteiger partial charge in [0.1, 0.15) is 0 Å². The molecule has 2 heterocycles. The molecule has 2 nitrogen and oxygen atoms in total. The summed E-state index contributed by atoms with van der Waals surface area (Å²) in [5.74, 6) is 0.912. The quantitative estimate of drug-likeness (QED) is 0.660. The summed E-state index contributed by atoms with van der Waals surface area (Å²) in [5, 5.41) is 2.11. The van der Waals surface area contributed by atoms with Gasteiger partial charge < -0.3 is 0 Å². The van der Waals surface area contributed by atoms with E-state index in [1.807, 2.05) is 30.5 Å². The molecule has 4 heteroatoms. The molecule has 1 aromatic carbocycles. The number of hydrogen-bond donors (Lipinski definition) is 0. The Balaban J connectivity index is 1.69. The van der Waals surface area contributed by atoms with Crippen LogP contribution in [0.1, 0.15) is 5.56 Å². The van der Waals surface area contributed by atoms with Crippen molar-refractivity contribution >= 4 is 23.1 Å². The Morgan fingerprint density at radius 2 is 1.95 bits per heavy atom. The first-order valence-corrected chi connectivity index (χ1v) is 7.81. The largest absolute Gasteiger partial charge is 0.264 e. The third-order valence-electron chi connectivity index (χ3n) is 2.64. The van der Waals surface area contributed by atoms with Gasteiger partial charge in [-0.05, 0) is 11.6 Å². The van der Waals surface area contributed by atoms with Gasteiger partial charge >= 0.3 is 0 Å². The van der Waals surface area contributed by atoms with Crippen molar-refractivity contribution in [1.82, 2.24) is 9.97 Å². The summed E-state index contributed by atoms with van der Waals surface area (Å²) in [5.41, 5.74) is 3.45. The minimum absolute atomic E-state index is 0.912. The van der Waals surface area contributed by atoms with Gasteiger partial charge in [-0.15, -0.1) is 11.3 Å². The SMILES string of the molecule is c1ccc(-c2csc(SCc3cccnc3)n2)cc1. The van der Waals surface area contributed by atoms with Crippen molar-refractivity contribution in [2.24, 2.45) is 0 Å². The van der Waals surface area contributed by atoms with Crippen molar-refractivity contribution in [3.63, 3.8) is 0 Å². The molecule has 0 atom stereocenters. The van der Waals surface area contributed by atoms with Crippen molar-refractivity contribution in [3.8, 4) is 11.3 Å². The molecule has 0 radical (unpaired) electrons. The van der Waals surface area contributed by atoms with Crippen molar-refractivity contribution in [2.45, 2.75) is 10.1 Å². The molecule has 0 spiro atoms. The second-order valence-corrected chi connectivity index (χ2v) is 6.10. The van der Waals surface area contributed by atoms with E-state index in [0.29, 0.717) is 0 Å². The first-order valence-electron chi connectivity index (χ1n) is 5.94. The highest BCUT2D eigenvalue weighted by Crippen LogP contribution is 2.29. The zero-order valence-electron chi connectivity index (χ0n) is 10.2. The molecule has 94 valence electrons. The molecule has 0 unspecified atom stereocenters. The lowest BCUT2D eigenvalue weighted by Gasteiger charge is -1.97. The number of thiazole rings is 1. The van der Waals surface area contributed by atoms with E-state index in [1.165, 1.54) is 11.1 Å². The van der Waals surface area contributed by atoms with Crippen molar-refractivity contribution in [3.05, 3.63) is 65.8 Å². The maximum absolute atomic E-state index is 4.66. The number of benzene rings is 1. The van der Waals surface area contributed by atoms with E-state index in [9.17, 15) is 0 Å². The summed E-state index contributed by atoms with van der Waals surface area (Å²) in [7, 11) is 0. The molecule has 0 saturated carbocycles. The molecule has 3 aromatic rings. The molecule has 3 rings (SSSR count). The Morgan fingerprint density at radius 1 is 1.05 bits per heavy atom. The van der Waals surface area contributed by atoms with Gasteiger partial charge in [0.15, 0.2) is 4.34 Å². The second-order valence-electron chi connectivity index (χ2n) is 4.01. The number of pyridine rings is 1. The van der Waals surface area contributed by atoms with E-state index in [0.717, 1.165) is 15.8 Å². The minimum atomic E-state index is 0.912. The smallest absolute Gasteiger partial charge is 0.150 e. The third kappa shape index (κ3) is 3.22. The molecule has 0 aliphatic carbocycles. The highest BCUT2D eigenvalue weighted by atomic mass is 32.2. The molecular formula is C15H12N2S2. The van der Waals surface area contributed by atoms with Gasteiger partial charge in [0, 0.05) is 29.1 Å². The fourth-order valence-electron chi connectivity index (χ4n) is 1.69. The lowest BCUT2D eigenvalue weighted by atomic mass is 10.2. The van der Waals surface area contributed by atoms with E-state index in [-0.39, 0.29) is 0 Å². The van der Waals surface area contributed by atoms with Gasteiger partial charge in [0.05, 0.1) is 5.69 Å². The van der Waals surface area contributed by atoms with Gasteiger partial charge in [-0.25, -0.2) is 4.98 Å². The van der Waals surface area contributed by atoms with Crippen molar-refractivity contribution in [1.29, 1.82) is 0 Å². The molecule has 19 heavy (non-hydrogen) atoms. The molecule has 0 fully saturated rings. The van der Waals surface area contributed by atoms with Crippen LogP contribution in [0.2, 0.25) is 0 Å². The average molecular weight is 284 g/mol. The Labute approximate surface area is 120 Å². The van der Waals surface area contributed by atoms with Gasteiger partial charge in [-0.1, -0.05) is 48.2 Å². The molecule has 0 N–H and O–H groups in total. The van der Waals surface area contributed by atoms with Crippen molar-refractivity contribution < 1.29 is 0 Å². The van der Waals surface area contributed by atoms with E-state index in [4.69, 9.17) is 0 Å². The predicted octanol–water partition coefficient (Wildman–Crippen LogP) is 4.50. The van der Waals surface area contributed by atoms with Crippen LogP contribution in [-0.4, -0.2) is 9.97 Å². The fraction of sp³-hybridized carbons (Fsp3) is 0.0667. The van der Waals surface area contributed by atoms with E-state index in [1.54, 1.807) is 29.3 Å². The maximum atomic E-state index is 4.66. The van der Waals surface area contributed by atoms with Crippen LogP contribution in [0.25, 0.3) is 11.3 Å². The number of thioether (sulfide) groups is 1. The summed E-state index contributed by atoms with van der Waals surface area (Å²) in [6, 6.07) is 14.3. The lowest BCUT2D eigenvalue weighted by molar-refractivity contribution is 1.22. The topological polar surface area (TPSA) is 25.8 Å². The first-order chi connectivity index (χ1) is 9.42. The van der Waals surface area contributed by atoms with Crippen LogP contribution in [-0.2, 0) is 5.75 Å². The highest BCUT2D eigenvalue weighted by molar-refractivity contribution is 8.00. The number of hydrogen-bond acceptors (Lipinski definition) is 4. The van der Waals surface area contributed by atoms with Crippen LogP contribution in [0.4, 0.5) is 0 Å². The van der Waals surface area contributed by atoms with Crippen LogP contribution < -0.4 is 0 Å². The Morgan fingerprint density at radius 3 is 2.74 bits per heavy atom. The zero-order valence-corrected chi connectivity index (χ0v) is 11.8. The average Bonchev–Trinajstić information content (AvgIpc) is 2.96. The second kappa shape index (κ2) is 5.99. The van der Waals surface area contributed by atoms with E-state index in [2.05, 4.69) is 33.5 Å². The molecule has 0 bridgehead atoms. The highest BCUT2D eigenvalue weighted by Gasteiger charge is 2.04. The van der Waals surface area contributed by atoms with E-state index >= 15 is 0 Å². The molecule has 0 saturated heterocycles. The van der Waals surface area contributed by atoms with E-state index < -0.39 is 0 Å². The summed E-state index contributed by atoms with van der Waals surface area (Å²) >= 11 is 3.45. The maximum Gasteiger partial charge on any atom is 0.150 e. The third-order valence-corrected chi connectivity index (χ3v) is 4.73. The zero-order chi connectivity index (χ0) is 12.9. The fourth-order valence-corrected chi connectivity index (χ4v) is 3.46. The number of nitrogens with zero attached hydrogens (tertiary/aromatic N) is 2. The normalized spacial score (nSPS) is 10.5. The minimum Gasteiger partial charge on any atom is -0.264 e. The Kier molecular flexibility index (Phi) is 3.91. The van der Waals surface area contributed by atoms with Crippen LogP contribution in [0.15, 0.2) is 64.6 Å². The van der Waals surface area contributed by atoms with Crippen LogP contribution in [0, 0.1) is 0 Å². The van der Waals surface area contributed by atoms with Crippen LogP contribution in [0.5, 0.6) is 0 Å². The monoisotopic (exact) mass is 284 g/mol. The predicted molar refractivity (Wildman–Crippen MR) is 81.3 cm³/mol. The molecule has 0 amide bonds. The first kappa shape index (κ1) is 12.4. The standard InChI is InChI=1S/C15H12N2S2/c1-2-6-13(7-3-1)14-11-19-15(17-14)18-10-12-5-4-8-16-9-12/h1-9,11H,10H2. The lowest BCUT2D eigenvalue weighted by Crippen LogP contribution is -1.81. The van der Waals surface area contributed by atoms with Gasteiger partial charge in [-0.2, -0.15) is 0 Å². The van der Waals surface area contributed by atoms with Gasteiger partial charge in [-0.3, -0.25) is 4.98 Å².